The Bertz CT molecular complexity index is 710. The van der Waals surface area contributed by atoms with Gasteiger partial charge in [-0.15, -0.1) is 0 Å². The molecule has 2 aromatic rings. The Morgan fingerprint density at radius 3 is 2.07 bits per heavy atom. The van der Waals surface area contributed by atoms with E-state index in [0.717, 1.165) is 17.9 Å². The molecule has 2 N–H and O–H groups in total. The minimum atomic E-state index is -0.157. The molecule has 0 atom stereocenters. The molecule has 0 saturated heterocycles. The van der Waals surface area contributed by atoms with Crippen molar-refractivity contribution in [2.24, 2.45) is 0 Å². The van der Waals surface area contributed by atoms with E-state index in [1.807, 2.05) is 31.2 Å². The highest BCUT2D eigenvalue weighted by Gasteiger charge is 2.15. The van der Waals surface area contributed by atoms with Gasteiger partial charge in [0.15, 0.2) is 0 Å². The van der Waals surface area contributed by atoms with Crippen molar-refractivity contribution in [2.75, 3.05) is 18.5 Å². The lowest BCUT2D eigenvalue weighted by molar-refractivity contribution is 0.252. The van der Waals surface area contributed by atoms with Gasteiger partial charge in [-0.1, -0.05) is 58.0 Å². The fourth-order valence-corrected chi connectivity index (χ4v) is 3.09. The molecule has 0 radical (unpaired) electrons. The Hall–Kier alpha value is -2.49. The summed E-state index contributed by atoms with van der Waals surface area (Å²) in [4.78, 5) is 12.4. The number of amides is 2. The van der Waals surface area contributed by atoms with E-state index in [1.165, 1.54) is 16.7 Å². The number of anilines is 1. The maximum atomic E-state index is 12.4. The number of ether oxygens (including phenoxy) is 1. The van der Waals surface area contributed by atoms with Crippen molar-refractivity contribution in [1.29, 1.82) is 0 Å². The lowest BCUT2D eigenvalue weighted by atomic mass is 9.93. The Kier molecular flexibility index (Phi) is 7.71. The number of hydrogen-bond acceptors (Lipinski definition) is 2. The van der Waals surface area contributed by atoms with Gasteiger partial charge in [0.05, 0.1) is 6.61 Å². The SMILES string of the molecule is CCOc1ccc(CCNC(=O)Nc2c(C(C)C)cccc2C(C)C)cc1. The molecule has 0 aliphatic heterocycles. The summed E-state index contributed by atoms with van der Waals surface area (Å²) in [7, 11) is 0. The maximum absolute atomic E-state index is 12.4. The Labute approximate surface area is 163 Å². The van der Waals surface area contributed by atoms with Gasteiger partial charge in [0.2, 0.25) is 0 Å². The van der Waals surface area contributed by atoms with Crippen molar-refractivity contribution < 1.29 is 9.53 Å². The molecule has 146 valence electrons. The number of para-hydroxylation sites is 1. The number of nitrogens with one attached hydrogen (secondary N) is 2. The fraction of sp³-hybridized carbons (Fsp3) is 0.435. The van der Waals surface area contributed by atoms with Crippen LogP contribution in [0.25, 0.3) is 0 Å². The van der Waals surface area contributed by atoms with Crippen LogP contribution in [0.1, 0.15) is 63.1 Å². The monoisotopic (exact) mass is 368 g/mol. The predicted octanol–water partition coefficient (Wildman–Crippen LogP) is 5.70. The smallest absolute Gasteiger partial charge is 0.319 e. The van der Waals surface area contributed by atoms with Crippen LogP contribution in [0.5, 0.6) is 5.75 Å². The van der Waals surface area contributed by atoms with Gasteiger partial charge < -0.3 is 15.4 Å². The minimum absolute atomic E-state index is 0.157. The van der Waals surface area contributed by atoms with Crippen molar-refractivity contribution in [3.63, 3.8) is 0 Å². The Morgan fingerprint density at radius 1 is 0.963 bits per heavy atom. The molecule has 0 aliphatic carbocycles. The van der Waals surface area contributed by atoms with Crippen LogP contribution in [0, 0.1) is 0 Å². The van der Waals surface area contributed by atoms with Crippen LogP contribution in [0.3, 0.4) is 0 Å². The largest absolute Gasteiger partial charge is 0.494 e. The quantitative estimate of drug-likeness (QED) is 0.628. The van der Waals surface area contributed by atoms with E-state index in [9.17, 15) is 4.79 Å². The maximum Gasteiger partial charge on any atom is 0.319 e. The van der Waals surface area contributed by atoms with Crippen molar-refractivity contribution in [3.8, 4) is 5.75 Å². The third-order valence-electron chi connectivity index (χ3n) is 4.55. The number of carbonyl (C=O) groups excluding carboxylic acids is 1. The molecule has 2 aromatic carbocycles. The zero-order valence-electron chi connectivity index (χ0n) is 17.1. The Balaban J connectivity index is 1.95. The number of urea groups is 1. The summed E-state index contributed by atoms with van der Waals surface area (Å²) in [6.45, 7) is 11.8. The number of benzene rings is 2. The fourth-order valence-electron chi connectivity index (χ4n) is 3.09. The molecule has 0 saturated carbocycles. The highest BCUT2D eigenvalue weighted by Crippen LogP contribution is 2.32. The molecular formula is C23H32N2O2. The van der Waals surface area contributed by atoms with Crippen LogP contribution in [-0.4, -0.2) is 19.2 Å². The molecule has 0 spiro atoms. The van der Waals surface area contributed by atoms with Crippen LogP contribution in [0.15, 0.2) is 42.5 Å². The second kappa shape index (κ2) is 10.0. The summed E-state index contributed by atoms with van der Waals surface area (Å²) in [6, 6.07) is 14.1. The molecule has 0 aromatic heterocycles. The lowest BCUT2D eigenvalue weighted by Crippen LogP contribution is -2.31. The van der Waals surface area contributed by atoms with E-state index in [4.69, 9.17) is 4.74 Å². The van der Waals surface area contributed by atoms with Gasteiger partial charge in [0.25, 0.3) is 0 Å². The zero-order chi connectivity index (χ0) is 19.8. The topological polar surface area (TPSA) is 50.4 Å². The minimum Gasteiger partial charge on any atom is -0.494 e. The van der Waals surface area contributed by atoms with Crippen LogP contribution in [0.4, 0.5) is 10.5 Å². The first-order valence-electron chi connectivity index (χ1n) is 9.81. The molecule has 4 nitrogen and oxygen atoms in total. The Morgan fingerprint density at radius 2 is 1.56 bits per heavy atom. The standard InChI is InChI=1S/C23H32N2O2/c1-6-27-19-12-10-18(11-13-19)14-15-24-23(26)25-22-20(16(2)3)8-7-9-21(22)17(4)5/h7-13,16-17H,6,14-15H2,1-5H3,(H2,24,25,26). The van der Waals surface area contributed by atoms with Gasteiger partial charge >= 0.3 is 6.03 Å². The summed E-state index contributed by atoms with van der Waals surface area (Å²) >= 11 is 0. The molecule has 4 heteroatoms. The summed E-state index contributed by atoms with van der Waals surface area (Å²) in [6.07, 6.45) is 0.780. The first kappa shape index (κ1) is 20.8. The van der Waals surface area contributed by atoms with E-state index < -0.39 is 0 Å². The second-order valence-electron chi connectivity index (χ2n) is 7.33. The van der Waals surface area contributed by atoms with Gasteiger partial charge in [-0.05, 0) is 54.0 Å². The highest BCUT2D eigenvalue weighted by atomic mass is 16.5. The van der Waals surface area contributed by atoms with Crippen molar-refractivity contribution in [1.82, 2.24) is 5.32 Å². The van der Waals surface area contributed by atoms with Crippen molar-refractivity contribution in [3.05, 3.63) is 59.2 Å². The first-order chi connectivity index (χ1) is 12.9. The molecule has 0 aliphatic rings. The van der Waals surface area contributed by atoms with Crippen LogP contribution in [-0.2, 0) is 6.42 Å². The van der Waals surface area contributed by atoms with Crippen LogP contribution in [0.2, 0.25) is 0 Å². The van der Waals surface area contributed by atoms with E-state index >= 15 is 0 Å². The lowest BCUT2D eigenvalue weighted by Gasteiger charge is -2.20. The molecule has 0 bridgehead atoms. The second-order valence-corrected chi connectivity index (χ2v) is 7.33. The van der Waals surface area contributed by atoms with Crippen molar-refractivity contribution >= 4 is 11.7 Å². The third-order valence-corrected chi connectivity index (χ3v) is 4.55. The van der Waals surface area contributed by atoms with E-state index in [0.29, 0.717) is 25.0 Å². The third kappa shape index (κ3) is 6.02. The molecular weight excluding hydrogens is 336 g/mol. The van der Waals surface area contributed by atoms with E-state index in [2.05, 4.69) is 56.5 Å². The molecule has 2 rings (SSSR count). The highest BCUT2D eigenvalue weighted by molar-refractivity contribution is 5.91. The zero-order valence-corrected chi connectivity index (χ0v) is 17.1. The van der Waals surface area contributed by atoms with Gasteiger partial charge in [-0.25, -0.2) is 4.79 Å². The van der Waals surface area contributed by atoms with E-state index in [-0.39, 0.29) is 6.03 Å². The van der Waals surface area contributed by atoms with Gasteiger partial charge in [-0.3, -0.25) is 0 Å². The average Bonchev–Trinajstić information content (AvgIpc) is 2.63. The molecule has 2 amide bonds. The number of carbonyl (C=O) groups is 1. The summed E-state index contributed by atoms with van der Waals surface area (Å²) in [5.74, 6) is 1.57. The molecule has 0 fully saturated rings. The molecule has 0 heterocycles. The molecule has 0 unspecified atom stereocenters. The normalized spacial score (nSPS) is 10.9. The van der Waals surface area contributed by atoms with Gasteiger partial charge in [0, 0.05) is 12.2 Å². The first-order valence-corrected chi connectivity index (χ1v) is 9.81. The van der Waals surface area contributed by atoms with Gasteiger partial charge in [-0.2, -0.15) is 0 Å². The summed E-state index contributed by atoms with van der Waals surface area (Å²) < 4.78 is 5.45. The van der Waals surface area contributed by atoms with E-state index in [1.54, 1.807) is 0 Å². The van der Waals surface area contributed by atoms with Crippen molar-refractivity contribution in [2.45, 2.75) is 52.9 Å². The van der Waals surface area contributed by atoms with Crippen LogP contribution >= 0.6 is 0 Å². The molecule has 27 heavy (non-hydrogen) atoms. The number of rotatable bonds is 8. The van der Waals surface area contributed by atoms with Crippen LogP contribution < -0.4 is 15.4 Å². The summed E-state index contributed by atoms with van der Waals surface area (Å²) in [5.41, 5.74) is 4.45. The predicted molar refractivity (Wildman–Crippen MR) is 113 cm³/mol. The summed E-state index contributed by atoms with van der Waals surface area (Å²) in [5, 5.41) is 6.05. The average molecular weight is 369 g/mol. The number of hydrogen-bond donors (Lipinski definition) is 2. The van der Waals surface area contributed by atoms with Gasteiger partial charge in [0.1, 0.15) is 5.75 Å².